The van der Waals surface area contributed by atoms with Crippen LogP contribution in [0, 0.1) is 0 Å². The maximum Gasteiger partial charge on any atom is 0.216 e. The van der Waals surface area contributed by atoms with Gasteiger partial charge in [0.25, 0.3) is 0 Å². The summed E-state index contributed by atoms with van der Waals surface area (Å²) in [6, 6.07) is 0. The maximum absolute atomic E-state index is 6.09. The molecule has 1 spiro atoms. The second-order valence-corrected chi connectivity index (χ2v) is 6.41. The van der Waals surface area contributed by atoms with Crippen molar-refractivity contribution in [1.29, 1.82) is 0 Å². The van der Waals surface area contributed by atoms with E-state index in [1.807, 2.05) is 0 Å². The molecule has 26 heavy (non-hydrogen) atoms. The fourth-order valence-electron chi connectivity index (χ4n) is 2.94. The van der Waals surface area contributed by atoms with Gasteiger partial charge in [0.15, 0.2) is 0 Å². The predicted octanol–water partition coefficient (Wildman–Crippen LogP) is -0.390. The Balaban J connectivity index is 1.47. The lowest BCUT2D eigenvalue weighted by atomic mass is 10.2. The lowest BCUT2D eigenvalue weighted by Crippen LogP contribution is -2.59. The zero-order valence-corrected chi connectivity index (χ0v) is 15.2. The van der Waals surface area contributed by atoms with Crippen molar-refractivity contribution in [3.8, 4) is 0 Å². The third-order valence-electron chi connectivity index (χ3n) is 4.11. The topological polar surface area (TPSA) is 83.1 Å². The molecule has 0 aromatic carbocycles. The third kappa shape index (κ3) is 6.99. The largest absolute Gasteiger partial charge is 0.377 e. The molecule has 2 unspecified atom stereocenters. The highest BCUT2D eigenvalue weighted by molar-refractivity contribution is 4.81. The van der Waals surface area contributed by atoms with E-state index >= 15 is 0 Å². The Kier molecular flexibility index (Phi) is 8.99. The summed E-state index contributed by atoms with van der Waals surface area (Å²) < 4.78 is 51.1. The number of hydrogen-bond donors (Lipinski definition) is 0. The van der Waals surface area contributed by atoms with E-state index in [0.29, 0.717) is 92.5 Å². The highest BCUT2D eigenvalue weighted by Crippen LogP contribution is 2.27. The van der Waals surface area contributed by atoms with Gasteiger partial charge in [-0.25, -0.2) is 0 Å². The van der Waals surface area contributed by atoms with Gasteiger partial charge >= 0.3 is 0 Å². The minimum Gasteiger partial charge on any atom is -0.377 e. The first-order valence-corrected chi connectivity index (χ1v) is 9.26. The predicted molar refractivity (Wildman–Crippen MR) is 88.2 cm³/mol. The van der Waals surface area contributed by atoms with E-state index in [1.54, 1.807) is 0 Å². The summed E-state index contributed by atoms with van der Waals surface area (Å²) in [5.74, 6) is -0.885. The van der Waals surface area contributed by atoms with Crippen molar-refractivity contribution in [1.82, 2.24) is 0 Å². The molecular weight excluding hydrogens is 348 g/mol. The lowest BCUT2D eigenvalue weighted by Gasteiger charge is -2.44. The Morgan fingerprint density at radius 1 is 0.423 bits per heavy atom. The molecule has 9 heteroatoms. The molecule has 0 amide bonds. The first-order chi connectivity index (χ1) is 12.9. The van der Waals surface area contributed by atoms with Gasteiger partial charge in [0.1, 0.15) is 25.4 Å². The van der Waals surface area contributed by atoms with Crippen LogP contribution in [0.15, 0.2) is 0 Å². The maximum atomic E-state index is 6.09. The molecular formula is C17H30O9. The van der Waals surface area contributed by atoms with Crippen LogP contribution in [0.4, 0.5) is 0 Å². The van der Waals surface area contributed by atoms with Crippen molar-refractivity contribution in [3.63, 3.8) is 0 Å². The van der Waals surface area contributed by atoms with Crippen LogP contribution in [-0.2, 0) is 42.6 Å². The number of fused-ring (bicyclic) bond motifs is 2. The fourth-order valence-corrected chi connectivity index (χ4v) is 2.94. The van der Waals surface area contributed by atoms with E-state index in [9.17, 15) is 0 Å². The van der Waals surface area contributed by atoms with Gasteiger partial charge < -0.3 is 42.6 Å². The lowest BCUT2D eigenvalue weighted by molar-refractivity contribution is -0.376. The third-order valence-corrected chi connectivity index (χ3v) is 4.11. The van der Waals surface area contributed by atoms with E-state index in [1.165, 1.54) is 0 Å². The van der Waals surface area contributed by atoms with E-state index < -0.39 is 5.79 Å². The highest BCUT2D eigenvalue weighted by atomic mass is 16.8. The summed E-state index contributed by atoms with van der Waals surface area (Å²) in [5, 5.41) is 0. The first kappa shape index (κ1) is 20.4. The van der Waals surface area contributed by atoms with Gasteiger partial charge in [-0.05, 0) is 0 Å². The average Bonchev–Trinajstić information content (AvgIpc) is 2.64. The minimum atomic E-state index is -0.885. The molecule has 3 saturated heterocycles. The molecule has 3 heterocycles. The summed E-state index contributed by atoms with van der Waals surface area (Å²) in [4.78, 5) is 0. The molecule has 0 radical (unpaired) electrons. The standard InChI is InChI=1S/C17H30O9/c1-3-19-5-7-21-9-15-11-23-13-17(25-15)14-24-12-16(26-17)10-22-8-6-20-4-2-18-1/h15-16H,1-14H2. The van der Waals surface area contributed by atoms with Crippen molar-refractivity contribution in [2.24, 2.45) is 0 Å². The number of ether oxygens (including phenoxy) is 9. The highest BCUT2D eigenvalue weighted by Gasteiger charge is 2.44. The van der Waals surface area contributed by atoms with Crippen LogP contribution in [0.3, 0.4) is 0 Å². The molecule has 0 aliphatic carbocycles. The smallest absolute Gasteiger partial charge is 0.216 e. The van der Waals surface area contributed by atoms with Gasteiger partial charge in [-0.1, -0.05) is 0 Å². The van der Waals surface area contributed by atoms with Crippen molar-refractivity contribution in [2.75, 3.05) is 92.5 Å². The molecule has 9 nitrogen and oxygen atoms in total. The van der Waals surface area contributed by atoms with Crippen LogP contribution in [0.1, 0.15) is 0 Å². The van der Waals surface area contributed by atoms with Crippen LogP contribution < -0.4 is 0 Å². The summed E-state index contributed by atoms with van der Waals surface area (Å²) in [7, 11) is 0. The van der Waals surface area contributed by atoms with Gasteiger partial charge in [-0.3, -0.25) is 0 Å². The number of rotatable bonds is 0. The average molecular weight is 378 g/mol. The Morgan fingerprint density at radius 3 is 1.19 bits per heavy atom. The zero-order valence-electron chi connectivity index (χ0n) is 15.2. The molecule has 3 aliphatic rings. The Morgan fingerprint density at radius 2 is 0.769 bits per heavy atom. The van der Waals surface area contributed by atoms with E-state index in [-0.39, 0.29) is 12.2 Å². The molecule has 3 fully saturated rings. The van der Waals surface area contributed by atoms with Crippen LogP contribution >= 0.6 is 0 Å². The van der Waals surface area contributed by atoms with Gasteiger partial charge in [0.2, 0.25) is 5.79 Å². The van der Waals surface area contributed by atoms with E-state index in [0.717, 1.165) is 0 Å². The van der Waals surface area contributed by atoms with Gasteiger partial charge in [0.05, 0.1) is 79.3 Å². The fraction of sp³-hybridized carbons (Fsp3) is 1.00. The molecule has 0 N–H and O–H groups in total. The van der Waals surface area contributed by atoms with Crippen LogP contribution in [0.5, 0.6) is 0 Å². The van der Waals surface area contributed by atoms with Gasteiger partial charge in [-0.15, -0.1) is 0 Å². The molecule has 0 saturated carbocycles. The van der Waals surface area contributed by atoms with Gasteiger partial charge in [-0.2, -0.15) is 0 Å². The molecule has 152 valence electrons. The summed E-state index contributed by atoms with van der Waals surface area (Å²) in [6.45, 7) is 6.61. The van der Waals surface area contributed by atoms with Crippen molar-refractivity contribution in [3.05, 3.63) is 0 Å². The van der Waals surface area contributed by atoms with Crippen molar-refractivity contribution >= 4 is 0 Å². The second kappa shape index (κ2) is 11.5. The second-order valence-electron chi connectivity index (χ2n) is 6.41. The van der Waals surface area contributed by atoms with Crippen molar-refractivity contribution in [2.45, 2.75) is 18.0 Å². The Labute approximate surface area is 154 Å². The van der Waals surface area contributed by atoms with E-state index in [2.05, 4.69) is 0 Å². The summed E-state index contributed by atoms with van der Waals surface area (Å²) in [5.41, 5.74) is 0. The minimum absolute atomic E-state index is 0.200. The van der Waals surface area contributed by atoms with Crippen LogP contribution in [-0.4, -0.2) is 110 Å². The monoisotopic (exact) mass is 378 g/mol. The van der Waals surface area contributed by atoms with E-state index in [4.69, 9.17) is 42.6 Å². The van der Waals surface area contributed by atoms with Crippen LogP contribution in [0.25, 0.3) is 0 Å². The quantitative estimate of drug-likeness (QED) is 0.560. The molecule has 3 aliphatic heterocycles. The zero-order chi connectivity index (χ0) is 17.9. The number of hydrogen-bond acceptors (Lipinski definition) is 9. The molecule has 3 rings (SSSR count). The van der Waals surface area contributed by atoms with Crippen LogP contribution in [0.2, 0.25) is 0 Å². The molecule has 2 atom stereocenters. The molecule has 0 aromatic rings. The van der Waals surface area contributed by atoms with Gasteiger partial charge in [0, 0.05) is 0 Å². The molecule has 0 aromatic heterocycles. The Hall–Kier alpha value is -0.360. The molecule has 3 bridgehead atoms. The first-order valence-electron chi connectivity index (χ1n) is 9.26. The normalized spacial score (nSPS) is 36.9. The Bertz CT molecular complexity index is 347. The summed E-state index contributed by atoms with van der Waals surface area (Å²) >= 11 is 0. The van der Waals surface area contributed by atoms with Crippen molar-refractivity contribution < 1.29 is 42.6 Å². The SMILES string of the molecule is C1COCCOCC2COCC3(COCC(COCCOCCO1)O3)O2. The summed E-state index contributed by atoms with van der Waals surface area (Å²) in [6.07, 6.45) is -0.399.